The molecule has 0 saturated heterocycles. The van der Waals surface area contributed by atoms with E-state index in [1.807, 2.05) is 19.1 Å². The molecule has 0 spiro atoms. The van der Waals surface area contributed by atoms with Crippen molar-refractivity contribution in [1.82, 2.24) is 15.6 Å². The number of nitrogens with zero attached hydrogens (tertiary/aromatic N) is 2. The Balaban J connectivity index is 0.00000400. The second-order valence-corrected chi connectivity index (χ2v) is 5.00. The fraction of sp³-hybridized carbons (Fsp3) is 0.600. The first-order valence-corrected chi connectivity index (χ1v) is 7.12. The molecule has 0 amide bonds. The standard InChI is InChI=1S/C15H26N4O.HI/c1-6-20-14-13(8-7-9-17-14)10-18-15(16-5)19-12(4)11(2)3;/h7-9,11-12H,6,10H2,1-5H3,(H2,16,18,19);1H. The van der Waals surface area contributed by atoms with Gasteiger partial charge in [-0.15, -0.1) is 24.0 Å². The van der Waals surface area contributed by atoms with Gasteiger partial charge in [-0.05, 0) is 25.8 Å². The van der Waals surface area contributed by atoms with E-state index < -0.39 is 0 Å². The number of guanidine groups is 1. The van der Waals surface area contributed by atoms with Crippen LogP contribution < -0.4 is 15.4 Å². The Labute approximate surface area is 145 Å². The predicted octanol–water partition coefficient (Wildman–Crippen LogP) is 2.81. The number of hydrogen-bond acceptors (Lipinski definition) is 3. The smallest absolute Gasteiger partial charge is 0.218 e. The minimum absolute atomic E-state index is 0. The Bertz CT molecular complexity index is 437. The van der Waals surface area contributed by atoms with Gasteiger partial charge < -0.3 is 15.4 Å². The highest BCUT2D eigenvalue weighted by Gasteiger charge is 2.10. The molecule has 5 nitrogen and oxygen atoms in total. The molecular formula is C15H27IN4O. The molecule has 1 heterocycles. The highest BCUT2D eigenvalue weighted by Crippen LogP contribution is 2.13. The van der Waals surface area contributed by atoms with Crippen molar-refractivity contribution < 1.29 is 4.74 Å². The molecule has 0 saturated carbocycles. The summed E-state index contributed by atoms with van der Waals surface area (Å²) in [7, 11) is 1.77. The Morgan fingerprint density at radius 2 is 2.10 bits per heavy atom. The van der Waals surface area contributed by atoms with Crippen LogP contribution >= 0.6 is 24.0 Å². The number of hydrogen-bond donors (Lipinski definition) is 2. The van der Waals surface area contributed by atoms with Gasteiger partial charge in [-0.1, -0.05) is 19.9 Å². The van der Waals surface area contributed by atoms with Crippen LogP contribution in [0.25, 0.3) is 0 Å². The molecule has 1 aromatic heterocycles. The first-order valence-electron chi connectivity index (χ1n) is 7.12. The summed E-state index contributed by atoms with van der Waals surface area (Å²) >= 11 is 0. The lowest BCUT2D eigenvalue weighted by Crippen LogP contribution is -2.43. The summed E-state index contributed by atoms with van der Waals surface area (Å²) in [6, 6.07) is 4.28. The SMILES string of the molecule is CCOc1ncccc1CNC(=NC)NC(C)C(C)C.I. The van der Waals surface area contributed by atoms with Crippen molar-refractivity contribution in [2.24, 2.45) is 10.9 Å². The number of ether oxygens (including phenoxy) is 1. The van der Waals surface area contributed by atoms with Crippen LogP contribution in [0.4, 0.5) is 0 Å². The molecule has 0 aliphatic carbocycles. The zero-order valence-electron chi connectivity index (χ0n) is 13.5. The van der Waals surface area contributed by atoms with Crippen LogP contribution in [-0.4, -0.2) is 30.6 Å². The second kappa shape index (κ2) is 10.6. The van der Waals surface area contributed by atoms with E-state index in [0.717, 1.165) is 11.5 Å². The lowest BCUT2D eigenvalue weighted by molar-refractivity contribution is 0.322. The molecule has 0 aromatic carbocycles. The average molecular weight is 406 g/mol. The third-order valence-electron chi connectivity index (χ3n) is 3.17. The third kappa shape index (κ3) is 6.97. The monoisotopic (exact) mass is 406 g/mol. The second-order valence-electron chi connectivity index (χ2n) is 5.00. The highest BCUT2D eigenvalue weighted by molar-refractivity contribution is 14.0. The quantitative estimate of drug-likeness (QED) is 0.434. The largest absolute Gasteiger partial charge is 0.478 e. The summed E-state index contributed by atoms with van der Waals surface area (Å²) in [5.74, 6) is 2.01. The average Bonchev–Trinajstić information content (AvgIpc) is 2.44. The zero-order chi connectivity index (χ0) is 15.0. The summed E-state index contributed by atoms with van der Waals surface area (Å²) < 4.78 is 5.51. The van der Waals surface area contributed by atoms with Crippen molar-refractivity contribution >= 4 is 29.9 Å². The number of halogens is 1. The molecule has 2 N–H and O–H groups in total. The number of pyridine rings is 1. The van der Waals surface area contributed by atoms with Gasteiger partial charge in [-0.2, -0.15) is 0 Å². The van der Waals surface area contributed by atoms with Gasteiger partial charge in [-0.25, -0.2) is 4.98 Å². The molecule has 1 atom stereocenters. The Morgan fingerprint density at radius 3 is 2.67 bits per heavy atom. The number of rotatable bonds is 6. The van der Waals surface area contributed by atoms with Crippen LogP contribution in [0.3, 0.4) is 0 Å². The third-order valence-corrected chi connectivity index (χ3v) is 3.17. The van der Waals surface area contributed by atoms with Crippen LogP contribution in [0.5, 0.6) is 5.88 Å². The summed E-state index contributed by atoms with van der Waals surface area (Å²) in [5.41, 5.74) is 1.02. The molecule has 0 aliphatic heterocycles. The van der Waals surface area contributed by atoms with Crippen molar-refractivity contribution in [3.63, 3.8) is 0 Å². The number of nitrogens with one attached hydrogen (secondary N) is 2. The van der Waals surface area contributed by atoms with Gasteiger partial charge in [0.2, 0.25) is 5.88 Å². The van der Waals surface area contributed by atoms with Crippen LogP contribution in [0, 0.1) is 5.92 Å². The number of aliphatic imine (C=N–C) groups is 1. The van der Waals surface area contributed by atoms with Crippen LogP contribution in [-0.2, 0) is 6.54 Å². The maximum absolute atomic E-state index is 5.51. The molecule has 1 unspecified atom stereocenters. The van der Waals surface area contributed by atoms with E-state index in [0.29, 0.717) is 31.0 Å². The van der Waals surface area contributed by atoms with Gasteiger partial charge in [0.15, 0.2) is 5.96 Å². The van der Waals surface area contributed by atoms with Crippen molar-refractivity contribution in [1.29, 1.82) is 0 Å². The number of aromatic nitrogens is 1. The van der Waals surface area contributed by atoms with Gasteiger partial charge in [0.1, 0.15) is 0 Å². The molecule has 21 heavy (non-hydrogen) atoms. The molecule has 1 rings (SSSR count). The Morgan fingerprint density at radius 1 is 1.38 bits per heavy atom. The van der Waals surface area contributed by atoms with E-state index in [-0.39, 0.29) is 24.0 Å². The Kier molecular flexibility index (Phi) is 10.1. The minimum Gasteiger partial charge on any atom is -0.478 e. The molecule has 0 radical (unpaired) electrons. The van der Waals surface area contributed by atoms with Gasteiger partial charge in [0.05, 0.1) is 6.61 Å². The highest BCUT2D eigenvalue weighted by atomic mass is 127. The normalized spacial score (nSPS) is 12.6. The lowest BCUT2D eigenvalue weighted by Gasteiger charge is -2.21. The summed E-state index contributed by atoms with van der Waals surface area (Å²) in [5, 5.41) is 6.65. The van der Waals surface area contributed by atoms with Gasteiger partial charge in [0, 0.05) is 31.4 Å². The van der Waals surface area contributed by atoms with Crippen LogP contribution in [0.2, 0.25) is 0 Å². The maximum Gasteiger partial charge on any atom is 0.218 e. The fourth-order valence-corrected chi connectivity index (χ4v) is 1.58. The molecule has 0 aliphatic rings. The first-order chi connectivity index (χ1) is 9.58. The zero-order valence-corrected chi connectivity index (χ0v) is 15.8. The van der Waals surface area contributed by atoms with E-state index >= 15 is 0 Å². The van der Waals surface area contributed by atoms with Crippen molar-refractivity contribution in [3.8, 4) is 5.88 Å². The molecule has 6 heteroatoms. The summed E-state index contributed by atoms with van der Waals surface area (Å²) in [6.45, 7) is 9.71. The molecular weight excluding hydrogens is 379 g/mol. The van der Waals surface area contributed by atoms with E-state index in [1.54, 1.807) is 13.2 Å². The van der Waals surface area contributed by atoms with Crippen molar-refractivity contribution in [2.45, 2.75) is 40.3 Å². The van der Waals surface area contributed by atoms with Crippen LogP contribution in [0.15, 0.2) is 23.3 Å². The topological polar surface area (TPSA) is 58.5 Å². The van der Waals surface area contributed by atoms with Gasteiger partial charge in [0.25, 0.3) is 0 Å². The van der Waals surface area contributed by atoms with Crippen molar-refractivity contribution in [2.75, 3.05) is 13.7 Å². The molecule has 0 bridgehead atoms. The lowest BCUT2D eigenvalue weighted by atomic mass is 10.1. The minimum atomic E-state index is 0. The predicted molar refractivity (Wildman–Crippen MR) is 98.5 cm³/mol. The van der Waals surface area contributed by atoms with Crippen LogP contribution in [0.1, 0.15) is 33.3 Å². The van der Waals surface area contributed by atoms with E-state index in [2.05, 4.69) is 41.4 Å². The maximum atomic E-state index is 5.51. The van der Waals surface area contributed by atoms with Gasteiger partial charge in [-0.3, -0.25) is 4.99 Å². The van der Waals surface area contributed by atoms with E-state index in [9.17, 15) is 0 Å². The van der Waals surface area contributed by atoms with E-state index in [4.69, 9.17) is 4.74 Å². The molecule has 120 valence electrons. The molecule has 1 aromatic rings. The van der Waals surface area contributed by atoms with Crippen molar-refractivity contribution in [3.05, 3.63) is 23.9 Å². The molecule has 0 fully saturated rings. The Hall–Kier alpha value is -1.05. The summed E-state index contributed by atoms with van der Waals surface area (Å²) in [6.07, 6.45) is 1.74. The summed E-state index contributed by atoms with van der Waals surface area (Å²) in [4.78, 5) is 8.47. The fourth-order valence-electron chi connectivity index (χ4n) is 1.58. The first kappa shape index (κ1) is 19.9. The van der Waals surface area contributed by atoms with E-state index in [1.165, 1.54) is 0 Å². The van der Waals surface area contributed by atoms with Gasteiger partial charge >= 0.3 is 0 Å².